The van der Waals surface area contributed by atoms with Crippen LogP contribution in [-0.2, 0) is 4.79 Å². The lowest BCUT2D eigenvalue weighted by molar-refractivity contribution is -0.135. The second-order valence-electron chi connectivity index (χ2n) is 6.19. The Bertz CT molecular complexity index is 745. The van der Waals surface area contributed by atoms with Crippen LogP contribution in [0.3, 0.4) is 0 Å². The summed E-state index contributed by atoms with van der Waals surface area (Å²) in [5, 5.41) is 1.02. The maximum atomic E-state index is 12.6. The first-order valence-electron chi connectivity index (χ1n) is 7.82. The SMILES string of the molecule is CC(C)C(=O)N1CCN(C(=O)c2cc3ccc(Br)cc3[nH]2)CC1. The Kier molecular flexibility index (Phi) is 4.43. The molecule has 1 aromatic carbocycles. The molecule has 0 atom stereocenters. The molecule has 2 aromatic rings. The number of benzene rings is 1. The van der Waals surface area contributed by atoms with Crippen molar-refractivity contribution < 1.29 is 9.59 Å². The summed E-state index contributed by atoms with van der Waals surface area (Å²) in [4.78, 5) is 31.5. The molecule has 1 saturated heterocycles. The van der Waals surface area contributed by atoms with Crippen LogP contribution in [0.5, 0.6) is 0 Å². The van der Waals surface area contributed by atoms with E-state index in [4.69, 9.17) is 0 Å². The van der Waals surface area contributed by atoms with Crippen LogP contribution in [0, 0.1) is 5.92 Å². The molecule has 2 amide bonds. The standard InChI is InChI=1S/C17H20BrN3O2/c1-11(2)16(22)20-5-7-21(8-6-20)17(23)15-9-12-3-4-13(18)10-14(12)19-15/h3-4,9-11,19H,5-8H2,1-2H3. The zero-order valence-electron chi connectivity index (χ0n) is 13.3. The van der Waals surface area contributed by atoms with E-state index in [0.717, 1.165) is 15.4 Å². The lowest BCUT2D eigenvalue weighted by atomic mass is 10.1. The molecule has 1 aromatic heterocycles. The number of nitrogens with one attached hydrogen (secondary N) is 1. The molecule has 0 saturated carbocycles. The van der Waals surface area contributed by atoms with Gasteiger partial charge in [0.2, 0.25) is 5.91 Å². The molecule has 0 bridgehead atoms. The fourth-order valence-electron chi connectivity index (χ4n) is 2.88. The molecule has 3 rings (SSSR count). The predicted molar refractivity (Wildman–Crippen MR) is 93.3 cm³/mol. The molecular weight excluding hydrogens is 358 g/mol. The second-order valence-corrected chi connectivity index (χ2v) is 7.10. The lowest BCUT2D eigenvalue weighted by Gasteiger charge is -2.35. The molecule has 5 nitrogen and oxygen atoms in total. The van der Waals surface area contributed by atoms with Gasteiger partial charge in [0, 0.05) is 47.5 Å². The molecule has 0 spiro atoms. The van der Waals surface area contributed by atoms with Crippen LogP contribution >= 0.6 is 15.9 Å². The van der Waals surface area contributed by atoms with Gasteiger partial charge in [-0.15, -0.1) is 0 Å². The summed E-state index contributed by atoms with van der Waals surface area (Å²) < 4.78 is 0.978. The van der Waals surface area contributed by atoms with Crippen molar-refractivity contribution in [3.8, 4) is 0 Å². The van der Waals surface area contributed by atoms with Gasteiger partial charge in [0.15, 0.2) is 0 Å². The Morgan fingerprint density at radius 2 is 1.74 bits per heavy atom. The first-order valence-corrected chi connectivity index (χ1v) is 8.61. The third-order valence-electron chi connectivity index (χ3n) is 4.19. The molecule has 1 fully saturated rings. The summed E-state index contributed by atoms with van der Waals surface area (Å²) in [5.74, 6) is 0.158. The number of piperazine rings is 1. The van der Waals surface area contributed by atoms with E-state index < -0.39 is 0 Å². The van der Waals surface area contributed by atoms with Crippen molar-refractivity contribution in [3.05, 3.63) is 34.4 Å². The summed E-state index contributed by atoms with van der Waals surface area (Å²) in [6, 6.07) is 7.79. The van der Waals surface area contributed by atoms with Crippen molar-refractivity contribution in [3.63, 3.8) is 0 Å². The van der Waals surface area contributed by atoms with E-state index in [1.54, 1.807) is 0 Å². The number of rotatable bonds is 2. The smallest absolute Gasteiger partial charge is 0.270 e. The van der Waals surface area contributed by atoms with Gasteiger partial charge in [-0.25, -0.2) is 0 Å². The number of carbonyl (C=O) groups is 2. The highest BCUT2D eigenvalue weighted by Gasteiger charge is 2.26. The molecule has 0 radical (unpaired) electrons. The number of hydrogen-bond acceptors (Lipinski definition) is 2. The normalized spacial score (nSPS) is 15.5. The maximum Gasteiger partial charge on any atom is 0.270 e. The van der Waals surface area contributed by atoms with Gasteiger partial charge in [0.05, 0.1) is 0 Å². The van der Waals surface area contributed by atoms with Crippen LogP contribution in [0.1, 0.15) is 24.3 Å². The Morgan fingerprint density at radius 3 is 2.39 bits per heavy atom. The molecule has 0 aliphatic carbocycles. The van der Waals surface area contributed by atoms with Crippen molar-refractivity contribution in [2.75, 3.05) is 26.2 Å². The summed E-state index contributed by atoms with van der Waals surface area (Å²) in [6.07, 6.45) is 0. The average Bonchev–Trinajstić information content (AvgIpc) is 2.96. The van der Waals surface area contributed by atoms with Crippen molar-refractivity contribution in [1.82, 2.24) is 14.8 Å². The van der Waals surface area contributed by atoms with E-state index in [0.29, 0.717) is 31.9 Å². The van der Waals surface area contributed by atoms with Gasteiger partial charge >= 0.3 is 0 Å². The Hall–Kier alpha value is -1.82. The molecule has 122 valence electrons. The van der Waals surface area contributed by atoms with Crippen LogP contribution in [0.15, 0.2) is 28.7 Å². The molecule has 1 aliphatic rings. The van der Waals surface area contributed by atoms with Gasteiger partial charge < -0.3 is 14.8 Å². The van der Waals surface area contributed by atoms with E-state index in [2.05, 4.69) is 20.9 Å². The highest BCUT2D eigenvalue weighted by molar-refractivity contribution is 9.10. The molecule has 1 aliphatic heterocycles. The maximum absolute atomic E-state index is 12.6. The minimum absolute atomic E-state index is 0.00408. The molecule has 23 heavy (non-hydrogen) atoms. The quantitative estimate of drug-likeness (QED) is 0.874. The predicted octanol–water partition coefficient (Wildman–Crippen LogP) is 2.87. The van der Waals surface area contributed by atoms with Crippen LogP contribution in [0.25, 0.3) is 10.9 Å². The van der Waals surface area contributed by atoms with Crippen LogP contribution in [0.2, 0.25) is 0 Å². The van der Waals surface area contributed by atoms with Gasteiger partial charge in [0.1, 0.15) is 5.69 Å². The molecule has 6 heteroatoms. The van der Waals surface area contributed by atoms with Crippen LogP contribution in [0.4, 0.5) is 0 Å². The van der Waals surface area contributed by atoms with E-state index in [-0.39, 0.29) is 17.7 Å². The highest BCUT2D eigenvalue weighted by atomic mass is 79.9. The van der Waals surface area contributed by atoms with E-state index in [9.17, 15) is 9.59 Å². The third kappa shape index (κ3) is 3.27. The average molecular weight is 378 g/mol. The number of carbonyl (C=O) groups excluding carboxylic acids is 2. The summed E-state index contributed by atoms with van der Waals surface area (Å²) >= 11 is 3.43. The van der Waals surface area contributed by atoms with Crippen LogP contribution in [-0.4, -0.2) is 52.8 Å². The van der Waals surface area contributed by atoms with Crippen molar-refractivity contribution >= 4 is 38.6 Å². The number of aromatic amines is 1. The van der Waals surface area contributed by atoms with Crippen molar-refractivity contribution in [2.24, 2.45) is 5.92 Å². The summed E-state index contributed by atoms with van der Waals surface area (Å²) in [5.41, 5.74) is 1.54. The van der Waals surface area contributed by atoms with Gasteiger partial charge in [-0.1, -0.05) is 35.8 Å². The van der Waals surface area contributed by atoms with Crippen molar-refractivity contribution in [2.45, 2.75) is 13.8 Å². The Labute approximate surface area is 143 Å². The molecule has 1 N–H and O–H groups in total. The number of aromatic nitrogens is 1. The van der Waals surface area contributed by atoms with Gasteiger partial charge in [-0.2, -0.15) is 0 Å². The van der Waals surface area contributed by atoms with Crippen molar-refractivity contribution in [1.29, 1.82) is 0 Å². The number of amides is 2. The summed E-state index contributed by atoms with van der Waals surface area (Å²) in [7, 11) is 0. The third-order valence-corrected chi connectivity index (χ3v) is 4.68. The van der Waals surface area contributed by atoms with E-state index in [1.165, 1.54) is 0 Å². The monoisotopic (exact) mass is 377 g/mol. The fraction of sp³-hybridized carbons (Fsp3) is 0.412. The summed E-state index contributed by atoms with van der Waals surface area (Å²) in [6.45, 7) is 6.18. The number of halogens is 1. The number of H-pyrrole nitrogens is 1. The Morgan fingerprint density at radius 1 is 1.09 bits per heavy atom. The first kappa shape index (κ1) is 16.1. The number of fused-ring (bicyclic) bond motifs is 1. The number of hydrogen-bond donors (Lipinski definition) is 1. The molecular formula is C17H20BrN3O2. The van der Waals surface area contributed by atoms with Gasteiger partial charge in [-0.05, 0) is 18.2 Å². The van der Waals surface area contributed by atoms with E-state index in [1.807, 2.05) is 47.9 Å². The second kappa shape index (κ2) is 6.35. The van der Waals surface area contributed by atoms with Gasteiger partial charge in [-0.3, -0.25) is 9.59 Å². The number of nitrogens with zero attached hydrogens (tertiary/aromatic N) is 2. The molecule has 2 heterocycles. The molecule has 0 unspecified atom stereocenters. The fourth-order valence-corrected chi connectivity index (χ4v) is 3.24. The Balaban J connectivity index is 1.70. The first-order chi connectivity index (χ1) is 11.0. The van der Waals surface area contributed by atoms with E-state index >= 15 is 0 Å². The minimum atomic E-state index is -0.00558. The minimum Gasteiger partial charge on any atom is -0.350 e. The topological polar surface area (TPSA) is 56.4 Å². The zero-order valence-corrected chi connectivity index (χ0v) is 14.9. The zero-order chi connectivity index (χ0) is 16.6. The van der Waals surface area contributed by atoms with Gasteiger partial charge in [0.25, 0.3) is 5.91 Å². The lowest BCUT2D eigenvalue weighted by Crippen LogP contribution is -2.51. The highest BCUT2D eigenvalue weighted by Crippen LogP contribution is 2.21. The largest absolute Gasteiger partial charge is 0.350 e. The van der Waals surface area contributed by atoms with Crippen LogP contribution < -0.4 is 0 Å².